The zero-order chi connectivity index (χ0) is 17.7. The van der Waals surface area contributed by atoms with Crippen LogP contribution in [0.15, 0.2) is 51.9 Å². The van der Waals surface area contributed by atoms with Crippen molar-refractivity contribution in [2.24, 2.45) is 5.92 Å². The minimum atomic E-state index is -0.0829. The Kier molecular flexibility index (Phi) is 3.34. The maximum absolute atomic E-state index is 12.9. The molecule has 1 fully saturated rings. The number of nitrogens with one attached hydrogen (secondary N) is 1. The molecule has 5 rings (SSSR count). The summed E-state index contributed by atoms with van der Waals surface area (Å²) in [7, 11) is 0. The van der Waals surface area contributed by atoms with Crippen LogP contribution >= 0.6 is 0 Å². The minimum Gasteiger partial charge on any atom is -0.463 e. The van der Waals surface area contributed by atoms with Gasteiger partial charge in [-0.1, -0.05) is 6.07 Å². The Morgan fingerprint density at radius 3 is 2.96 bits per heavy atom. The SMILES string of the molecule is O=C(c1cc(-c2ccco2)[nH]n1)N1C[C@H]2C[C@H](C1)c1cccc(=O)n1C2. The fourth-order valence-electron chi connectivity index (χ4n) is 4.21. The summed E-state index contributed by atoms with van der Waals surface area (Å²) in [5.74, 6) is 1.07. The second kappa shape index (κ2) is 5.72. The Hall–Kier alpha value is -3.09. The molecule has 3 aromatic rings. The number of carbonyl (C=O) groups is 1. The minimum absolute atomic E-state index is 0.0485. The summed E-state index contributed by atoms with van der Waals surface area (Å²) in [6.45, 7) is 1.94. The highest BCUT2D eigenvalue weighted by Gasteiger charge is 2.37. The van der Waals surface area contributed by atoms with Gasteiger partial charge < -0.3 is 13.9 Å². The number of pyridine rings is 1. The molecule has 1 saturated heterocycles. The fourth-order valence-corrected chi connectivity index (χ4v) is 4.21. The molecule has 132 valence electrons. The molecule has 0 saturated carbocycles. The predicted octanol–water partition coefficient (Wildman–Crippen LogP) is 2.09. The summed E-state index contributed by atoms with van der Waals surface area (Å²) < 4.78 is 7.21. The summed E-state index contributed by atoms with van der Waals surface area (Å²) in [6.07, 6.45) is 2.61. The fraction of sp³-hybridized carbons (Fsp3) is 0.316. The van der Waals surface area contributed by atoms with Crippen molar-refractivity contribution >= 4 is 5.91 Å². The van der Waals surface area contributed by atoms with Crippen molar-refractivity contribution in [3.8, 4) is 11.5 Å². The van der Waals surface area contributed by atoms with Gasteiger partial charge in [-0.3, -0.25) is 14.7 Å². The monoisotopic (exact) mass is 350 g/mol. The molecule has 3 aromatic heterocycles. The number of fused-ring (bicyclic) bond motifs is 4. The van der Waals surface area contributed by atoms with Crippen LogP contribution in [-0.2, 0) is 6.54 Å². The smallest absolute Gasteiger partial charge is 0.274 e. The van der Waals surface area contributed by atoms with E-state index in [2.05, 4.69) is 10.2 Å². The average molecular weight is 350 g/mol. The van der Waals surface area contributed by atoms with E-state index < -0.39 is 0 Å². The van der Waals surface area contributed by atoms with Crippen LogP contribution in [-0.4, -0.2) is 38.7 Å². The highest BCUT2D eigenvalue weighted by atomic mass is 16.3. The highest BCUT2D eigenvalue weighted by molar-refractivity contribution is 5.93. The van der Waals surface area contributed by atoms with Gasteiger partial charge in [-0.25, -0.2) is 0 Å². The van der Waals surface area contributed by atoms with Gasteiger partial charge >= 0.3 is 0 Å². The molecule has 5 heterocycles. The number of amides is 1. The van der Waals surface area contributed by atoms with E-state index in [9.17, 15) is 9.59 Å². The molecule has 1 N–H and O–H groups in total. The van der Waals surface area contributed by atoms with Crippen molar-refractivity contribution in [1.82, 2.24) is 19.7 Å². The molecule has 2 atom stereocenters. The van der Waals surface area contributed by atoms with E-state index in [1.807, 2.05) is 21.6 Å². The molecular weight excluding hydrogens is 332 g/mol. The Morgan fingerprint density at radius 1 is 1.19 bits per heavy atom. The van der Waals surface area contributed by atoms with E-state index in [1.165, 1.54) is 0 Å². The van der Waals surface area contributed by atoms with Crippen LogP contribution in [0.25, 0.3) is 11.5 Å². The van der Waals surface area contributed by atoms with Crippen molar-refractivity contribution in [3.63, 3.8) is 0 Å². The van der Waals surface area contributed by atoms with Crippen molar-refractivity contribution in [1.29, 1.82) is 0 Å². The Bertz CT molecular complexity index is 1020. The van der Waals surface area contributed by atoms with Gasteiger partial charge in [0.2, 0.25) is 0 Å². The van der Waals surface area contributed by atoms with Crippen molar-refractivity contribution in [2.75, 3.05) is 13.1 Å². The van der Waals surface area contributed by atoms with E-state index in [4.69, 9.17) is 4.42 Å². The molecule has 7 heteroatoms. The number of hydrogen-bond acceptors (Lipinski definition) is 4. The van der Waals surface area contributed by atoms with Gasteiger partial charge in [-0.05, 0) is 30.5 Å². The lowest BCUT2D eigenvalue weighted by molar-refractivity contribution is 0.0588. The van der Waals surface area contributed by atoms with E-state index in [1.54, 1.807) is 30.5 Å². The molecular formula is C19H18N4O3. The molecule has 7 nitrogen and oxygen atoms in total. The van der Waals surface area contributed by atoms with Crippen LogP contribution in [0.2, 0.25) is 0 Å². The van der Waals surface area contributed by atoms with Gasteiger partial charge in [-0.2, -0.15) is 5.10 Å². The third-order valence-electron chi connectivity index (χ3n) is 5.35. The topological polar surface area (TPSA) is 84.1 Å². The molecule has 0 radical (unpaired) electrons. The standard InChI is InChI=1S/C19H18N4O3/c24-18-5-1-3-16-13-7-12(10-23(16)18)9-22(11-13)19(25)15-8-14(20-21-15)17-4-2-6-26-17/h1-6,8,12-13H,7,9-11H2,(H,20,21)/t12-,13-/m1/s1. The van der Waals surface area contributed by atoms with E-state index in [-0.39, 0.29) is 17.4 Å². The second-order valence-electron chi connectivity index (χ2n) is 7.05. The quantitative estimate of drug-likeness (QED) is 0.767. The van der Waals surface area contributed by atoms with E-state index in [0.717, 1.165) is 12.1 Å². The third-order valence-corrected chi connectivity index (χ3v) is 5.35. The zero-order valence-corrected chi connectivity index (χ0v) is 14.1. The summed E-state index contributed by atoms with van der Waals surface area (Å²) in [4.78, 5) is 26.9. The van der Waals surface area contributed by atoms with Gasteiger partial charge in [0.05, 0.1) is 6.26 Å². The van der Waals surface area contributed by atoms with E-state index >= 15 is 0 Å². The van der Waals surface area contributed by atoms with Crippen LogP contribution in [0.5, 0.6) is 0 Å². The first-order valence-electron chi connectivity index (χ1n) is 8.77. The number of hydrogen-bond donors (Lipinski definition) is 1. The molecule has 0 unspecified atom stereocenters. The van der Waals surface area contributed by atoms with Crippen molar-refractivity contribution in [3.05, 3.63) is 64.4 Å². The molecule has 2 bridgehead atoms. The number of furan rings is 1. The molecule has 26 heavy (non-hydrogen) atoms. The Morgan fingerprint density at radius 2 is 2.12 bits per heavy atom. The average Bonchev–Trinajstić information content (AvgIpc) is 3.33. The lowest BCUT2D eigenvalue weighted by atomic mass is 9.83. The van der Waals surface area contributed by atoms with Gasteiger partial charge in [0.15, 0.2) is 11.5 Å². The number of likely N-dealkylation sites (tertiary alicyclic amines) is 1. The van der Waals surface area contributed by atoms with Crippen molar-refractivity contribution in [2.45, 2.75) is 18.9 Å². The first-order valence-corrected chi connectivity index (χ1v) is 8.77. The largest absolute Gasteiger partial charge is 0.463 e. The normalized spacial score (nSPS) is 21.5. The summed E-state index contributed by atoms with van der Waals surface area (Å²) in [5, 5.41) is 7.03. The highest BCUT2D eigenvalue weighted by Crippen LogP contribution is 2.35. The zero-order valence-electron chi connectivity index (χ0n) is 14.1. The van der Waals surface area contributed by atoms with Crippen LogP contribution in [0.3, 0.4) is 0 Å². The van der Waals surface area contributed by atoms with Crippen molar-refractivity contribution < 1.29 is 9.21 Å². The Balaban J connectivity index is 1.41. The molecule has 0 aliphatic carbocycles. The van der Waals surface area contributed by atoms with Crippen LogP contribution in [0, 0.1) is 5.92 Å². The van der Waals surface area contributed by atoms with Crippen LogP contribution < -0.4 is 5.56 Å². The van der Waals surface area contributed by atoms with Crippen LogP contribution in [0.4, 0.5) is 0 Å². The molecule has 0 aromatic carbocycles. The number of rotatable bonds is 2. The lowest BCUT2D eigenvalue weighted by Gasteiger charge is -2.42. The summed E-state index contributed by atoms with van der Waals surface area (Å²) >= 11 is 0. The number of piperidine rings is 1. The van der Waals surface area contributed by atoms with Crippen LogP contribution in [0.1, 0.15) is 28.5 Å². The second-order valence-corrected chi connectivity index (χ2v) is 7.05. The summed E-state index contributed by atoms with van der Waals surface area (Å²) in [5.41, 5.74) is 2.16. The Labute approximate surface area is 149 Å². The lowest BCUT2D eigenvalue weighted by Crippen LogP contribution is -2.49. The number of H-pyrrole nitrogens is 1. The molecule has 2 aliphatic heterocycles. The van der Waals surface area contributed by atoms with Gasteiger partial charge in [0.25, 0.3) is 11.5 Å². The number of aromatic nitrogens is 3. The van der Waals surface area contributed by atoms with E-state index in [0.29, 0.717) is 42.7 Å². The maximum atomic E-state index is 12.9. The molecule has 1 amide bonds. The molecule has 2 aliphatic rings. The maximum Gasteiger partial charge on any atom is 0.274 e. The first-order chi connectivity index (χ1) is 12.7. The predicted molar refractivity (Wildman–Crippen MR) is 93.7 cm³/mol. The number of nitrogens with zero attached hydrogens (tertiary/aromatic N) is 3. The number of aromatic amines is 1. The van der Waals surface area contributed by atoms with Gasteiger partial charge in [0, 0.05) is 43.4 Å². The summed E-state index contributed by atoms with van der Waals surface area (Å²) in [6, 6.07) is 10.8. The van der Waals surface area contributed by atoms with Gasteiger partial charge in [-0.15, -0.1) is 0 Å². The third kappa shape index (κ3) is 2.39. The first kappa shape index (κ1) is 15.2. The molecule has 0 spiro atoms. The van der Waals surface area contributed by atoms with Gasteiger partial charge in [0.1, 0.15) is 5.69 Å². The number of carbonyl (C=O) groups excluding carboxylic acids is 1.